The van der Waals surface area contributed by atoms with Crippen LogP contribution >= 0.6 is 11.3 Å². The molecule has 3 heterocycles. The Morgan fingerprint density at radius 1 is 1.48 bits per heavy atom. The van der Waals surface area contributed by atoms with Gasteiger partial charge in [-0.1, -0.05) is 13.8 Å². The lowest BCUT2D eigenvalue weighted by molar-refractivity contribution is -0.0351. The molecular formula is C14H17N3O3S. The second-order valence-corrected chi connectivity index (χ2v) is 6.04. The van der Waals surface area contributed by atoms with Crippen LogP contribution in [0.2, 0.25) is 0 Å². The predicted octanol–water partition coefficient (Wildman–Crippen LogP) is 2.47. The number of amides is 1. The van der Waals surface area contributed by atoms with E-state index in [2.05, 4.69) is 10.2 Å². The summed E-state index contributed by atoms with van der Waals surface area (Å²) in [6, 6.07) is 1.83. The van der Waals surface area contributed by atoms with E-state index in [9.17, 15) is 4.79 Å². The molecule has 21 heavy (non-hydrogen) atoms. The summed E-state index contributed by atoms with van der Waals surface area (Å²) in [5, 5.41) is 11.8. The Balaban J connectivity index is 1.72. The van der Waals surface area contributed by atoms with Gasteiger partial charge in [-0.3, -0.25) is 4.79 Å². The average molecular weight is 307 g/mol. The third kappa shape index (κ3) is 2.98. The molecule has 0 bridgehead atoms. The zero-order valence-electron chi connectivity index (χ0n) is 12.0. The topological polar surface area (TPSA) is 68.5 Å². The molecule has 112 valence electrons. The average Bonchev–Trinajstić information content (AvgIpc) is 3.18. The third-order valence-corrected chi connectivity index (χ3v) is 4.03. The van der Waals surface area contributed by atoms with Gasteiger partial charge in [-0.25, -0.2) is 0 Å². The van der Waals surface area contributed by atoms with Crippen molar-refractivity contribution in [3.05, 3.63) is 34.2 Å². The molecule has 0 spiro atoms. The first-order valence-electron chi connectivity index (χ1n) is 6.91. The van der Waals surface area contributed by atoms with E-state index in [4.69, 9.17) is 9.15 Å². The highest BCUT2D eigenvalue weighted by Gasteiger charge is 2.30. The predicted molar refractivity (Wildman–Crippen MR) is 77.3 cm³/mol. The van der Waals surface area contributed by atoms with Gasteiger partial charge in [-0.05, 0) is 11.4 Å². The van der Waals surface area contributed by atoms with Crippen LogP contribution in [0.3, 0.4) is 0 Å². The second kappa shape index (κ2) is 5.95. The van der Waals surface area contributed by atoms with Crippen molar-refractivity contribution in [2.75, 3.05) is 19.7 Å². The first-order chi connectivity index (χ1) is 10.1. The van der Waals surface area contributed by atoms with Crippen molar-refractivity contribution in [3.63, 3.8) is 0 Å². The van der Waals surface area contributed by atoms with Crippen molar-refractivity contribution in [1.82, 2.24) is 15.1 Å². The number of carbonyl (C=O) groups is 1. The van der Waals surface area contributed by atoms with Gasteiger partial charge in [0.05, 0.1) is 18.7 Å². The van der Waals surface area contributed by atoms with Gasteiger partial charge < -0.3 is 14.1 Å². The van der Waals surface area contributed by atoms with Crippen LogP contribution in [0, 0.1) is 0 Å². The summed E-state index contributed by atoms with van der Waals surface area (Å²) >= 11 is 1.52. The number of thiophene rings is 1. The first-order valence-corrected chi connectivity index (χ1v) is 7.86. The second-order valence-electron chi connectivity index (χ2n) is 5.26. The Kier molecular flexibility index (Phi) is 4.03. The maximum absolute atomic E-state index is 12.4. The SMILES string of the molecule is CC(C)c1nnc([C@@H]2CN(C(=O)c3ccsc3)CCO2)o1. The number of hydrogen-bond acceptors (Lipinski definition) is 6. The monoisotopic (exact) mass is 307 g/mol. The zero-order valence-corrected chi connectivity index (χ0v) is 12.8. The van der Waals surface area contributed by atoms with Crippen LogP contribution in [0.1, 0.15) is 48.0 Å². The minimum atomic E-state index is -0.346. The fourth-order valence-electron chi connectivity index (χ4n) is 2.16. The number of rotatable bonds is 3. The van der Waals surface area contributed by atoms with Gasteiger partial charge in [0.1, 0.15) is 0 Å². The van der Waals surface area contributed by atoms with E-state index in [0.29, 0.717) is 37.0 Å². The van der Waals surface area contributed by atoms with Crippen LogP contribution in [0.5, 0.6) is 0 Å². The zero-order chi connectivity index (χ0) is 14.8. The summed E-state index contributed by atoms with van der Waals surface area (Å²) in [7, 11) is 0. The molecule has 1 aliphatic rings. The molecule has 0 unspecified atom stereocenters. The molecule has 2 aromatic heterocycles. The molecule has 6 nitrogen and oxygen atoms in total. The fraction of sp³-hybridized carbons (Fsp3) is 0.500. The van der Waals surface area contributed by atoms with Crippen LogP contribution in [0.15, 0.2) is 21.2 Å². The molecule has 1 amide bonds. The number of ether oxygens (including phenoxy) is 1. The summed E-state index contributed by atoms with van der Waals surface area (Å²) in [6.07, 6.45) is -0.346. The van der Waals surface area contributed by atoms with Gasteiger partial charge >= 0.3 is 0 Å². The lowest BCUT2D eigenvalue weighted by Gasteiger charge is -2.31. The van der Waals surface area contributed by atoms with Gasteiger partial charge in [0, 0.05) is 17.8 Å². The highest BCUT2D eigenvalue weighted by molar-refractivity contribution is 7.08. The van der Waals surface area contributed by atoms with E-state index in [1.807, 2.05) is 30.7 Å². The third-order valence-electron chi connectivity index (χ3n) is 3.35. The Bertz CT molecular complexity index is 609. The van der Waals surface area contributed by atoms with E-state index >= 15 is 0 Å². The van der Waals surface area contributed by atoms with Crippen LogP contribution in [-0.4, -0.2) is 40.7 Å². The number of aromatic nitrogens is 2. The molecule has 0 N–H and O–H groups in total. The normalized spacial score (nSPS) is 19.2. The van der Waals surface area contributed by atoms with Gasteiger partial charge in [0.15, 0.2) is 6.10 Å². The molecule has 1 fully saturated rings. The van der Waals surface area contributed by atoms with Crippen LogP contribution in [0.4, 0.5) is 0 Å². The van der Waals surface area contributed by atoms with E-state index in [-0.39, 0.29) is 17.9 Å². The largest absolute Gasteiger partial charge is 0.422 e. The van der Waals surface area contributed by atoms with Gasteiger partial charge in [-0.2, -0.15) is 11.3 Å². The van der Waals surface area contributed by atoms with Gasteiger partial charge in [0.25, 0.3) is 5.91 Å². The van der Waals surface area contributed by atoms with Crippen molar-refractivity contribution in [3.8, 4) is 0 Å². The smallest absolute Gasteiger partial charge is 0.254 e. The summed E-state index contributed by atoms with van der Waals surface area (Å²) in [4.78, 5) is 14.1. The molecule has 3 rings (SSSR count). The van der Waals surface area contributed by atoms with Crippen molar-refractivity contribution >= 4 is 17.2 Å². The van der Waals surface area contributed by atoms with E-state index in [1.165, 1.54) is 11.3 Å². The summed E-state index contributed by atoms with van der Waals surface area (Å²) in [6.45, 7) is 5.47. The van der Waals surface area contributed by atoms with Crippen LogP contribution < -0.4 is 0 Å². The highest BCUT2D eigenvalue weighted by atomic mass is 32.1. The summed E-state index contributed by atoms with van der Waals surface area (Å²) < 4.78 is 11.3. The molecule has 0 aliphatic carbocycles. The number of hydrogen-bond donors (Lipinski definition) is 0. The van der Waals surface area contributed by atoms with Crippen LogP contribution in [0.25, 0.3) is 0 Å². The van der Waals surface area contributed by atoms with E-state index in [1.54, 1.807) is 4.90 Å². The molecule has 1 atom stereocenters. The van der Waals surface area contributed by atoms with Crippen LogP contribution in [-0.2, 0) is 4.74 Å². The molecular weight excluding hydrogens is 290 g/mol. The minimum absolute atomic E-state index is 0.0214. The molecule has 0 aromatic carbocycles. The summed E-state index contributed by atoms with van der Waals surface area (Å²) in [5.74, 6) is 1.24. The first kappa shape index (κ1) is 14.2. The maximum Gasteiger partial charge on any atom is 0.254 e. The molecule has 1 aliphatic heterocycles. The van der Waals surface area contributed by atoms with Crippen molar-refractivity contribution in [2.45, 2.75) is 25.9 Å². The number of carbonyl (C=O) groups excluding carboxylic acids is 1. The van der Waals surface area contributed by atoms with Gasteiger partial charge in [0.2, 0.25) is 11.8 Å². The number of nitrogens with zero attached hydrogens (tertiary/aromatic N) is 3. The Labute approximate surface area is 126 Å². The lowest BCUT2D eigenvalue weighted by Crippen LogP contribution is -2.42. The highest BCUT2D eigenvalue weighted by Crippen LogP contribution is 2.24. The maximum atomic E-state index is 12.4. The minimum Gasteiger partial charge on any atom is -0.422 e. The molecule has 0 saturated carbocycles. The number of morpholine rings is 1. The van der Waals surface area contributed by atoms with Gasteiger partial charge in [-0.15, -0.1) is 10.2 Å². The molecule has 1 saturated heterocycles. The summed E-state index contributed by atoms with van der Waals surface area (Å²) in [5.41, 5.74) is 0.717. The van der Waals surface area contributed by atoms with E-state index < -0.39 is 0 Å². The molecule has 0 radical (unpaired) electrons. The Morgan fingerprint density at radius 3 is 3.00 bits per heavy atom. The van der Waals surface area contributed by atoms with Crippen molar-refractivity contribution < 1.29 is 13.9 Å². The quantitative estimate of drug-likeness (QED) is 0.871. The Hall–Kier alpha value is -1.73. The molecule has 2 aromatic rings. The standard InChI is InChI=1S/C14H17N3O3S/c1-9(2)12-15-16-13(20-12)11-7-17(4-5-19-11)14(18)10-3-6-21-8-10/h3,6,8-9,11H,4-5,7H2,1-2H3/t11-/m0/s1. The van der Waals surface area contributed by atoms with Crippen molar-refractivity contribution in [2.24, 2.45) is 0 Å². The van der Waals surface area contributed by atoms with Crippen molar-refractivity contribution in [1.29, 1.82) is 0 Å². The van der Waals surface area contributed by atoms with E-state index in [0.717, 1.165) is 0 Å². The lowest BCUT2D eigenvalue weighted by atomic mass is 10.2. The fourth-order valence-corrected chi connectivity index (χ4v) is 2.79. The Morgan fingerprint density at radius 2 is 2.33 bits per heavy atom. The molecule has 7 heteroatoms.